The molecule has 1 aliphatic rings. The second kappa shape index (κ2) is 6.92. The fraction of sp³-hybridized carbons (Fsp3) is 0.250. The summed E-state index contributed by atoms with van der Waals surface area (Å²) in [6.45, 7) is 5.51. The number of halogens is 1. The number of benzene rings is 2. The molecule has 0 aromatic heterocycles. The molecule has 0 spiro atoms. The molecule has 0 atom stereocenters. The van der Waals surface area contributed by atoms with Gasteiger partial charge in [0.05, 0.1) is 0 Å². The highest BCUT2D eigenvalue weighted by Gasteiger charge is 2.41. The molecule has 1 heterocycles. The van der Waals surface area contributed by atoms with Gasteiger partial charge in [0.25, 0.3) is 5.91 Å². The first-order chi connectivity index (χ1) is 12.3. The van der Waals surface area contributed by atoms with Gasteiger partial charge in [0.1, 0.15) is 17.9 Å². The van der Waals surface area contributed by atoms with E-state index in [0.717, 1.165) is 5.56 Å². The van der Waals surface area contributed by atoms with Crippen molar-refractivity contribution in [2.45, 2.75) is 26.4 Å². The predicted octanol–water partition coefficient (Wildman–Crippen LogP) is 3.65. The Balaban J connectivity index is 1.75. The summed E-state index contributed by atoms with van der Waals surface area (Å²) in [7, 11) is 0. The first kappa shape index (κ1) is 18.1. The van der Waals surface area contributed by atoms with Crippen LogP contribution in [-0.4, -0.2) is 34.6 Å². The summed E-state index contributed by atoms with van der Waals surface area (Å²) in [5, 5.41) is 3.42. The Hall–Kier alpha value is -2.66. The zero-order chi connectivity index (χ0) is 18.9. The van der Waals surface area contributed by atoms with Gasteiger partial charge in [-0.2, -0.15) is 0 Å². The van der Waals surface area contributed by atoms with Crippen LogP contribution in [0.1, 0.15) is 25.0 Å². The molecule has 0 bridgehead atoms. The molecule has 1 N–H and O–H groups in total. The maximum atomic E-state index is 12.8. The lowest BCUT2D eigenvalue weighted by Gasteiger charge is -2.28. The minimum absolute atomic E-state index is 0.0691. The summed E-state index contributed by atoms with van der Waals surface area (Å²) in [6.07, 6.45) is 0. The van der Waals surface area contributed by atoms with E-state index in [4.69, 9.17) is 11.6 Å². The second-order valence-electron chi connectivity index (χ2n) is 6.77. The van der Waals surface area contributed by atoms with Gasteiger partial charge in [0.2, 0.25) is 5.91 Å². The average Bonchev–Trinajstić information content (AvgIpc) is 2.79. The number of anilines is 1. The van der Waals surface area contributed by atoms with E-state index in [9.17, 15) is 9.59 Å². The van der Waals surface area contributed by atoms with E-state index < -0.39 is 5.66 Å². The number of carbonyl (C=O) groups is 2. The van der Waals surface area contributed by atoms with Gasteiger partial charge >= 0.3 is 0 Å². The molecular formula is C20H20ClN3O2. The smallest absolute Gasteiger partial charge is 0.275 e. The summed E-state index contributed by atoms with van der Waals surface area (Å²) in [4.78, 5) is 31.3. The van der Waals surface area contributed by atoms with Gasteiger partial charge in [0, 0.05) is 16.3 Å². The maximum Gasteiger partial charge on any atom is 0.275 e. The zero-order valence-corrected chi connectivity index (χ0v) is 15.7. The van der Waals surface area contributed by atoms with Gasteiger partial charge in [-0.3, -0.25) is 14.6 Å². The minimum atomic E-state index is -0.796. The number of nitrogens with one attached hydrogen (secondary N) is 1. The molecule has 3 rings (SSSR count). The number of aliphatic imine (C=N–C) groups is 1. The number of aryl methyl sites for hydroxylation is 1. The highest BCUT2D eigenvalue weighted by molar-refractivity contribution is 6.47. The summed E-state index contributed by atoms with van der Waals surface area (Å²) in [6, 6.07) is 14.5. The van der Waals surface area contributed by atoms with Gasteiger partial charge in [-0.1, -0.05) is 35.9 Å². The van der Waals surface area contributed by atoms with Crippen LogP contribution in [0.2, 0.25) is 5.02 Å². The van der Waals surface area contributed by atoms with E-state index in [1.807, 2.05) is 45.0 Å². The Morgan fingerprint density at radius 2 is 1.88 bits per heavy atom. The summed E-state index contributed by atoms with van der Waals surface area (Å²) in [5.41, 5.74) is 1.99. The van der Waals surface area contributed by atoms with Gasteiger partial charge < -0.3 is 10.2 Å². The highest BCUT2D eigenvalue weighted by Crippen LogP contribution is 2.26. The van der Waals surface area contributed by atoms with Gasteiger partial charge in [-0.05, 0) is 50.6 Å². The van der Waals surface area contributed by atoms with Crippen molar-refractivity contribution in [2.24, 2.45) is 4.99 Å². The molecular weight excluding hydrogens is 350 g/mol. The third-order valence-corrected chi connectivity index (χ3v) is 4.47. The van der Waals surface area contributed by atoms with E-state index in [0.29, 0.717) is 22.0 Å². The Labute approximate surface area is 157 Å². The molecule has 5 nitrogen and oxygen atoms in total. The summed E-state index contributed by atoms with van der Waals surface area (Å²) >= 11 is 5.91. The second-order valence-corrected chi connectivity index (χ2v) is 7.21. The first-order valence-corrected chi connectivity index (χ1v) is 8.68. The van der Waals surface area contributed by atoms with Crippen molar-refractivity contribution in [3.63, 3.8) is 0 Å². The Kier molecular flexibility index (Phi) is 4.83. The monoisotopic (exact) mass is 369 g/mol. The van der Waals surface area contributed by atoms with Crippen molar-refractivity contribution in [1.82, 2.24) is 4.90 Å². The van der Waals surface area contributed by atoms with Crippen molar-refractivity contribution >= 4 is 34.8 Å². The number of hydrogen-bond acceptors (Lipinski definition) is 3. The van der Waals surface area contributed by atoms with E-state index in [1.165, 1.54) is 4.90 Å². The molecule has 2 aromatic rings. The van der Waals surface area contributed by atoms with Gasteiger partial charge in [0.15, 0.2) is 0 Å². The average molecular weight is 370 g/mol. The lowest BCUT2D eigenvalue weighted by molar-refractivity contribution is -0.131. The molecule has 1 aliphatic heterocycles. The number of amides is 2. The van der Waals surface area contributed by atoms with Crippen molar-refractivity contribution in [3.05, 3.63) is 64.7 Å². The lowest BCUT2D eigenvalue weighted by atomic mass is 10.1. The van der Waals surface area contributed by atoms with E-state index in [-0.39, 0.29) is 18.4 Å². The molecule has 0 fully saturated rings. The lowest BCUT2D eigenvalue weighted by Crippen LogP contribution is -2.46. The minimum Gasteiger partial charge on any atom is -0.325 e. The molecule has 134 valence electrons. The number of carbonyl (C=O) groups excluding carboxylic acids is 2. The highest BCUT2D eigenvalue weighted by atomic mass is 35.5. The van der Waals surface area contributed by atoms with E-state index >= 15 is 0 Å². The van der Waals surface area contributed by atoms with E-state index in [1.54, 1.807) is 24.3 Å². The van der Waals surface area contributed by atoms with Crippen molar-refractivity contribution < 1.29 is 9.59 Å². The maximum absolute atomic E-state index is 12.8. The van der Waals surface area contributed by atoms with Crippen LogP contribution in [0, 0.1) is 6.92 Å². The zero-order valence-electron chi connectivity index (χ0n) is 14.9. The van der Waals surface area contributed by atoms with Crippen LogP contribution in [-0.2, 0) is 9.59 Å². The molecule has 2 amide bonds. The van der Waals surface area contributed by atoms with E-state index in [2.05, 4.69) is 10.3 Å². The molecule has 0 aliphatic carbocycles. The molecule has 0 radical (unpaired) electrons. The number of hydrogen-bond donors (Lipinski definition) is 1. The van der Waals surface area contributed by atoms with Crippen molar-refractivity contribution in [1.29, 1.82) is 0 Å². The molecule has 0 saturated heterocycles. The Bertz CT molecular complexity index is 888. The van der Waals surface area contributed by atoms with Crippen LogP contribution >= 0.6 is 11.6 Å². The van der Waals surface area contributed by atoms with Crippen LogP contribution < -0.4 is 5.32 Å². The van der Waals surface area contributed by atoms with Crippen molar-refractivity contribution in [3.8, 4) is 0 Å². The topological polar surface area (TPSA) is 61.8 Å². The molecule has 26 heavy (non-hydrogen) atoms. The van der Waals surface area contributed by atoms with Gasteiger partial charge in [-0.15, -0.1) is 0 Å². The fourth-order valence-electron chi connectivity index (χ4n) is 2.89. The van der Waals surface area contributed by atoms with Crippen LogP contribution in [0.15, 0.2) is 53.5 Å². The normalized spacial score (nSPS) is 15.8. The fourth-order valence-corrected chi connectivity index (χ4v) is 3.01. The van der Waals surface area contributed by atoms with Crippen LogP contribution in [0.5, 0.6) is 0 Å². The third-order valence-electron chi connectivity index (χ3n) is 4.21. The van der Waals surface area contributed by atoms with Crippen molar-refractivity contribution in [2.75, 3.05) is 11.9 Å². The quantitative estimate of drug-likeness (QED) is 0.894. The molecule has 0 saturated carbocycles. The first-order valence-electron chi connectivity index (χ1n) is 8.30. The SMILES string of the molecule is Cc1cccc(NC(=O)CN2C(=O)C(c3ccc(Cl)cc3)=NC2(C)C)c1. The molecule has 6 heteroatoms. The summed E-state index contributed by atoms with van der Waals surface area (Å²) in [5.74, 6) is -0.527. The third kappa shape index (κ3) is 3.78. The Morgan fingerprint density at radius 1 is 1.19 bits per heavy atom. The Morgan fingerprint density at radius 3 is 2.54 bits per heavy atom. The van der Waals surface area contributed by atoms with Gasteiger partial charge in [-0.25, -0.2) is 0 Å². The van der Waals surface area contributed by atoms with Crippen LogP contribution in [0.25, 0.3) is 0 Å². The van der Waals surface area contributed by atoms with Crippen LogP contribution in [0.4, 0.5) is 5.69 Å². The number of nitrogens with zero attached hydrogens (tertiary/aromatic N) is 2. The molecule has 2 aromatic carbocycles. The summed E-state index contributed by atoms with van der Waals surface area (Å²) < 4.78 is 0. The van der Waals surface area contributed by atoms with Crippen LogP contribution in [0.3, 0.4) is 0 Å². The standard InChI is InChI=1S/C20H20ClN3O2/c1-13-5-4-6-16(11-13)22-17(25)12-24-19(26)18(23-20(24,2)3)14-7-9-15(21)10-8-14/h4-11H,12H2,1-3H3,(H,22,25). The predicted molar refractivity (Wildman–Crippen MR) is 104 cm³/mol. The number of rotatable bonds is 4. The largest absolute Gasteiger partial charge is 0.325 e. The molecule has 0 unspecified atom stereocenters.